The fourth-order valence-electron chi connectivity index (χ4n) is 2.63. The van der Waals surface area contributed by atoms with E-state index in [4.69, 9.17) is 0 Å². The summed E-state index contributed by atoms with van der Waals surface area (Å²) in [6, 6.07) is 10.7. The molecule has 0 spiro atoms. The summed E-state index contributed by atoms with van der Waals surface area (Å²) in [4.78, 5) is 0. The normalized spacial score (nSPS) is 13.5. The minimum atomic E-state index is -1.25. The van der Waals surface area contributed by atoms with E-state index in [1.54, 1.807) is 0 Å². The van der Waals surface area contributed by atoms with E-state index in [9.17, 15) is 0 Å². The van der Waals surface area contributed by atoms with E-state index in [0.29, 0.717) is 24.8 Å². The Kier molecular flexibility index (Phi) is 4.93. The van der Waals surface area contributed by atoms with Crippen molar-refractivity contribution in [3.05, 3.63) is 30.3 Å². The third-order valence-corrected chi connectivity index (χ3v) is 19.0. The van der Waals surface area contributed by atoms with E-state index < -0.39 is 6.10 Å². The molecule has 0 aliphatic rings. The fourth-order valence-corrected chi connectivity index (χ4v) is 15.1. The number of para-hydroxylation sites is 1. The van der Waals surface area contributed by atoms with Gasteiger partial charge in [-0.05, 0) is 0 Å². The van der Waals surface area contributed by atoms with Crippen molar-refractivity contribution in [3.63, 3.8) is 0 Å². The van der Waals surface area contributed by atoms with Gasteiger partial charge in [0.15, 0.2) is 0 Å². The number of hydrogen-bond acceptors (Lipinski definition) is 1. The summed E-state index contributed by atoms with van der Waals surface area (Å²) in [6.45, 7) is 14.4. The molecule has 0 fully saturated rings. The standard InChI is InChI=1S/C15H27NPSe/c1-14(2,3)17(18-7,15(4,5)6)16-13-11-9-8-10-12-13/h8-12,16H,1-7H3/q+1. The van der Waals surface area contributed by atoms with Crippen LogP contribution in [0.3, 0.4) is 0 Å². The predicted molar refractivity (Wildman–Crippen MR) is 88.1 cm³/mol. The van der Waals surface area contributed by atoms with Crippen LogP contribution in [0.2, 0.25) is 5.82 Å². The van der Waals surface area contributed by atoms with Crippen molar-refractivity contribution in [3.8, 4) is 0 Å². The Morgan fingerprint density at radius 1 is 0.889 bits per heavy atom. The number of anilines is 1. The SMILES string of the molecule is C[Se][P+](Nc1ccccc1)(C(C)(C)C)C(C)(C)C. The Bertz CT molecular complexity index is 362. The van der Waals surface area contributed by atoms with Crippen molar-refractivity contribution in [2.45, 2.75) is 57.7 Å². The van der Waals surface area contributed by atoms with Gasteiger partial charge < -0.3 is 0 Å². The summed E-state index contributed by atoms with van der Waals surface area (Å²) in [5.74, 6) is 2.40. The van der Waals surface area contributed by atoms with Gasteiger partial charge in [0.2, 0.25) is 0 Å². The first-order valence-corrected chi connectivity index (χ1v) is 12.1. The minimum absolute atomic E-state index is 0.329. The van der Waals surface area contributed by atoms with Gasteiger partial charge in [-0.3, -0.25) is 0 Å². The fraction of sp³-hybridized carbons (Fsp3) is 0.600. The van der Waals surface area contributed by atoms with Crippen molar-refractivity contribution >= 4 is 26.3 Å². The second-order valence-electron chi connectivity index (χ2n) is 6.61. The van der Waals surface area contributed by atoms with Crippen molar-refractivity contribution in [2.75, 3.05) is 5.09 Å². The number of hydrogen-bond donors (Lipinski definition) is 1. The molecule has 3 heteroatoms. The van der Waals surface area contributed by atoms with Gasteiger partial charge in [0, 0.05) is 0 Å². The van der Waals surface area contributed by atoms with Crippen LogP contribution in [0.5, 0.6) is 0 Å². The van der Waals surface area contributed by atoms with Gasteiger partial charge in [-0.2, -0.15) is 0 Å². The predicted octanol–water partition coefficient (Wildman–Crippen LogP) is 5.30. The molecular formula is C15H27NPSe+. The van der Waals surface area contributed by atoms with Gasteiger partial charge in [-0.25, -0.2) is 0 Å². The molecule has 0 aliphatic heterocycles. The molecule has 0 aliphatic carbocycles. The zero-order chi connectivity index (χ0) is 14.0. The summed E-state index contributed by atoms with van der Waals surface area (Å²) >= 11 is 0.610. The van der Waals surface area contributed by atoms with E-state index in [-0.39, 0.29) is 0 Å². The van der Waals surface area contributed by atoms with Crippen LogP contribution in [0.4, 0.5) is 5.69 Å². The summed E-state index contributed by atoms with van der Waals surface area (Å²) in [7, 11) is 0. The van der Waals surface area contributed by atoms with E-state index in [1.165, 1.54) is 5.69 Å². The molecule has 1 rings (SSSR count). The number of benzene rings is 1. The quantitative estimate of drug-likeness (QED) is 0.586. The molecular weight excluding hydrogens is 304 g/mol. The number of rotatable bonds is 3. The topological polar surface area (TPSA) is 12.0 Å². The summed E-state index contributed by atoms with van der Waals surface area (Å²) in [6.07, 6.45) is -1.25. The Labute approximate surface area is 119 Å². The molecule has 1 N–H and O–H groups in total. The molecule has 1 aromatic carbocycles. The van der Waals surface area contributed by atoms with Crippen LogP contribution in [0.25, 0.3) is 0 Å². The van der Waals surface area contributed by atoms with Gasteiger partial charge in [0.05, 0.1) is 0 Å². The van der Waals surface area contributed by atoms with Gasteiger partial charge in [-0.15, -0.1) is 0 Å². The van der Waals surface area contributed by atoms with E-state index in [2.05, 4.69) is 82.8 Å². The van der Waals surface area contributed by atoms with Gasteiger partial charge >= 0.3 is 119 Å². The van der Waals surface area contributed by atoms with Crippen LogP contribution >= 0.6 is 6.10 Å². The van der Waals surface area contributed by atoms with Crippen molar-refractivity contribution in [1.29, 1.82) is 0 Å². The van der Waals surface area contributed by atoms with Crippen molar-refractivity contribution < 1.29 is 0 Å². The van der Waals surface area contributed by atoms with E-state index >= 15 is 0 Å². The molecule has 0 amide bonds. The van der Waals surface area contributed by atoms with Crippen LogP contribution in [0.1, 0.15) is 41.5 Å². The van der Waals surface area contributed by atoms with Crippen molar-refractivity contribution in [2.24, 2.45) is 0 Å². The Morgan fingerprint density at radius 3 is 1.67 bits per heavy atom. The van der Waals surface area contributed by atoms with E-state index in [1.807, 2.05) is 0 Å². The van der Waals surface area contributed by atoms with Gasteiger partial charge in [0.1, 0.15) is 0 Å². The van der Waals surface area contributed by atoms with Crippen molar-refractivity contribution in [1.82, 2.24) is 0 Å². The molecule has 102 valence electrons. The molecule has 0 bridgehead atoms. The maximum atomic E-state index is 3.96. The Hall–Kier alpha value is -0.0305. The first-order chi connectivity index (χ1) is 8.14. The zero-order valence-corrected chi connectivity index (χ0v) is 15.3. The molecule has 0 heterocycles. The monoisotopic (exact) mass is 332 g/mol. The maximum absolute atomic E-state index is 3.96. The van der Waals surface area contributed by atoms with E-state index in [0.717, 1.165) is 0 Å². The molecule has 1 aromatic rings. The first-order valence-electron chi connectivity index (χ1n) is 6.42. The van der Waals surface area contributed by atoms with Gasteiger partial charge in [0.25, 0.3) is 0 Å². The molecule has 0 radical (unpaired) electrons. The zero-order valence-electron chi connectivity index (χ0n) is 12.7. The third-order valence-electron chi connectivity index (χ3n) is 3.22. The second kappa shape index (κ2) is 5.53. The molecule has 0 saturated carbocycles. The van der Waals surface area contributed by atoms with Crippen LogP contribution in [-0.2, 0) is 0 Å². The molecule has 18 heavy (non-hydrogen) atoms. The molecule has 1 nitrogen and oxygen atoms in total. The summed E-state index contributed by atoms with van der Waals surface area (Å²) in [5.41, 5.74) is 1.28. The third kappa shape index (κ3) is 3.10. The molecule has 0 aromatic heterocycles. The van der Waals surface area contributed by atoms with Crippen LogP contribution < -0.4 is 5.09 Å². The first kappa shape index (κ1) is 16.0. The average Bonchev–Trinajstić information content (AvgIpc) is 2.23. The van der Waals surface area contributed by atoms with Crippen LogP contribution in [0, 0.1) is 0 Å². The number of nitrogens with one attached hydrogen (secondary N) is 1. The average molecular weight is 331 g/mol. The molecule has 0 saturated heterocycles. The Balaban J connectivity index is 3.21. The van der Waals surface area contributed by atoms with Crippen LogP contribution in [-0.4, -0.2) is 24.8 Å². The van der Waals surface area contributed by atoms with Crippen LogP contribution in [0.15, 0.2) is 30.3 Å². The summed E-state index contributed by atoms with van der Waals surface area (Å²) < 4.78 is 0. The van der Waals surface area contributed by atoms with Gasteiger partial charge in [-0.1, -0.05) is 0 Å². The molecule has 0 unspecified atom stereocenters. The second-order valence-corrected chi connectivity index (χ2v) is 16.8. The Morgan fingerprint density at radius 2 is 1.33 bits per heavy atom. The molecule has 0 atom stereocenters. The summed E-state index contributed by atoms with van der Waals surface area (Å²) in [5, 5.41) is 4.62.